The second-order valence-corrected chi connectivity index (χ2v) is 7.08. The van der Waals surface area contributed by atoms with Gasteiger partial charge < -0.3 is 9.47 Å². The van der Waals surface area contributed by atoms with Crippen molar-refractivity contribution >= 4 is 5.97 Å². The van der Waals surface area contributed by atoms with Gasteiger partial charge in [-0.15, -0.1) is 0 Å². The molecule has 0 radical (unpaired) electrons. The molecule has 160 valence electrons. The molecule has 0 saturated carbocycles. The van der Waals surface area contributed by atoms with Gasteiger partial charge in [0.2, 0.25) is 0 Å². The zero-order valence-electron chi connectivity index (χ0n) is 17.8. The number of rotatable bonds is 6. The van der Waals surface area contributed by atoms with Gasteiger partial charge in [-0.1, -0.05) is 42.5 Å². The summed E-state index contributed by atoms with van der Waals surface area (Å²) in [7, 11) is 1.60. The van der Waals surface area contributed by atoms with E-state index in [-0.39, 0.29) is 12.2 Å². The van der Waals surface area contributed by atoms with E-state index in [9.17, 15) is 9.59 Å². The quantitative estimate of drug-likeness (QED) is 0.402. The summed E-state index contributed by atoms with van der Waals surface area (Å²) in [5.41, 5.74) is 2.73. The van der Waals surface area contributed by atoms with Gasteiger partial charge in [-0.3, -0.25) is 4.79 Å². The first-order chi connectivity index (χ1) is 15.6. The standard InChI is InChI=1S/C26H22N2O4/c1-3-31-26(30)19-11-9-10-18(16-19)22-17-24(29)28(2)27-25(22)21-14-7-8-15-23(21)32-20-12-5-4-6-13-20/h4-17H,3H2,1-2H3. The molecule has 0 fully saturated rings. The van der Waals surface area contributed by atoms with Crippen LogP contribution in [-0.4, -0.2) is 22.4 Å². The third-order valence-corrected chi connectivity index (χ3v) is 4.89. The third-order valence-electron chi connectivity index (χ3n) is 4.89. The van der Waals surface area contributed by atoms with Crippen LogP contribution in [-0.2, 0) is 11.8 Å². The van der Waals surface area contributed by atoms with Gasteiger partial charge in [0.15, 0.2) is 0 Å². The molecule has 0 aliphatic heterocycles. The maximum Gasteiger partial charge on any atom is 0.338 e. The highest BCUT2D eigenvalue weighted by Gasteiger charge is 2.17. The van der Waals surface area contributed by atoms with Crippen molar-refractivity contribution in [3.63, 3.8) is 0 Å². The summed E-state index contributed by atoms with van der Waals surface area (Å²) in [6.45, 7) is 2.04. The van der Waals surface area contributed by atoms with Crippen LogP contribution in [0.4, 0.5) is 0 Å². The molecule has 0 N–H and O–H groups in total. The predicted octanol–water partition coefficient (Wildman–Crippen LogP) is 5.08. The van der Waals surface area contributed by atoms with E-state index in [1.807, 2.05) is 60.7 Å². The topological polar surface area (TPSA) is 70.4 Å². The van der Waals surface area contributed by atoms with Crippen LogP contribution < -0.4 is 10.3 Å². The second-order valence-electron chi connectivity index (χ2n) is 7.08. The molecule has 0 spiro atoms. The van der Waals surface area contributed by atoms with Crippen molar-refractivity contribution in [2.75, 3.05) is 6.61 Å². The highest BCUT2D eigenvalue weighted by atomic mass is 16.5. The zero-order chi connectivity index (χ0) is 22.5. The smallest absolute Gasteiger partial charge is 0.338 e. The molecule has 6 heteroatoms. The van der Waals surface area contributed by atoms with E-state index in [0.29, 0.717) is 33.9 Å². The van der Waals surface area contributed by atoms with Gasteiger partial charge in [-0.25, -0.2) is 9.48 Å². The second kappa shape index (κ2) is 9.31. The number of nitrogens with zero attached hydrogens (tertiary/aromatic N) is 2. The minimum Gasteiger partial charge on any atom is -0.462 e. The van der Waals surface area contributed by atoms with Crippen molar-refractivity contribution in [1.29, 1.82) is 0 Å². The van der Waals surface area contributed by atoms with Gasteiger partial charge in [-0.05, 0) is 48.9 Å². The number of para-hydroxylation sites is 2. The Morgan fingerprint density at radius 2 is 1.66 bits per heavy atom. The molecule has 0 atom stereocenters. The summed E-state index contributed by atoms with van der Waals surface area (Å²) >= 11 is 0. The van der Waals surface area contributed by atoms with E-state index in [1.54, 1.807) is 32.2 Å². The summed E-state index contributed by atoms with van der Waals surface area (Å²) in [6.07, 6.45) is 0. The molecule has 4 rings (SSSR count). The van der Waals surface area contributed by atoms with E-state index in [4.69, 9.17) is 9.47 Å². The van der Waals surface area contributed by atoms with Crippen LogP contribution in [0.2, 0.25) is 0 Å². The van der Waals surface area contributed by atoms with Crippen LogP contribution in [0, 0.1) is 0 Å². The summed E-state index contributed by atoms with van der Waals surface area (Å²) in [4.78, 5) is 24.7. The lowest BCUT2D eigenvalue weighted by Crippen LogP contribution is -2.19. The van der Waals surface area contributed by atoms with Gasteiger partial charge in [0.05, 0.1) is 12.2 Å². The van der Waals surface area contributed by atoms with Crippen LogP contribution in [0.1, 0.15) is 17.3 Å². The number of esters is 1. The number of aromatic nitrogens is 2. The maximum absolute atomic E-state index is 12.5. The maximum atomic E-state index is 12.5. The molecule has 0 unspecified atom stereocenters. The molecule has 1 aromatic heterocycles. The fourth-order valence-electron chi connectivity index (χ4n) is 3.35. The van der Waals surface area contributed by atoms with E-state index >= 15 is 0 Å². The number of aryl methyl sites for hydroxylation is 1. The largest absolute Gasteiger partial charge is 0.462 e. The van der Waals surface area contributed by atoms with E-state index in [0.717, 1.165) is 5.56 Å². The lowest BCUT2D eigenvalue weighted by Gasteiger charge is -2.15. The molecule has 3 aromatic carbocycles. The zero-order valence-corrected chi connectivity index (χ0v) is 17.8. The van der Waals surface area contributed by atoms with Crippen LogP contribution in [0.5, 0.6) is 11.5 Å². The fourth-order valence-corrected chi connectivity index (χ4v) is 3.35. The van der Waals surface area contributed by atoms with Crippen LogP contribution in [0.15, 0.2) is 89.7 Å². The van der Waals surface area contributed by atoms with Gasteiger partial charge in [0.25, 0.3) is 5.56 Å². The van der Waals surface area contributed by atoms with E-state index in [1.165, 1.54) is 10.7 Å². The Morgan fingerprint density at radius 3 is 2.44 bits per heavy atom. The summed E-state index contributed by atoms with van der Waals surface area (Å²) in [5, 5.41) is 4.54. The molecule has 6 nitrogen and oxygen atoms in total. The third kappa shape index (κ3) is 4.44. The van der Waals surface area contributed by atoms with Gasteiger partial charge in [0.1, 0.15) is 17.2 Å². The lowest BCUT2D eigenvalue weighted by atomic mass is 9.98. The Kier molecular flexibility index (Phi) is 6.12. The Hall–Kier alpha value is -4.19. The van der Waals surface area contributed by atoms with Crippen molar-refractivity contribution < 1.29 is 14.3 Å². The lowest BCUT2D eigenvalue weighted by molar-refractivity contribution is 0.0526. The molecule has 4 aromatic rings. The summed E-state index contributed by atoms with van der Waals surface area (Å²) < 4.78 is 12.5. The van der Waals surface area contributed by atoms with Crippen molar-refractivity contribution in [3.8, 4) is 33.9 Å². The number of benzene rings is 3. The fraction of sp³-hybridized carbons (Fsp3) is 0.115. The van der Waals surface area contributed by atoms with E-state index < -0.39 is 5.97 Å². The van der Waals surface area contributed by atoms with Crippen molar-refractivity contribution in [2.45, 2.75) is 6.92 Å². The predicted molar refractivity (Wildman–Crippen MR) is 123 cm³/mol. The first kappa shape index (κ1) is 21.1. The molecule has 32 heavy (non-hydrogen) atoms. The van der Waals surface area contributed by atoms with Crippen LogP contribution >= 0.6 is 0 Å². The Labute approximate surface area is 185 Å². The SMILES string of the molecule is CCOC(=O)c1cccc(-c2cc(=O)n(C)nc2-c2ccccc2Oc2ccccc2)c1. The van der Waals surface area contributed by atoms with Crippen LogP contribution in [0.25, 0.3) is 22.4 Å². The summed E-state index contributed by atoms with van der Waals surface area (Å²) in [6, 6.07) is 25.5. The Morgan fingerprint density at radius 1 is 0.906 bits per heavy atom. The molecule has 1 heterocycles. The normalized spacial score (nSPS) is 10.6. The summed E-state index contributed by atoms with van der Waals surface area (Å²) in [5.74, 6) is 0.878. The Balaban J connectivity index is 1.86. The minimum atomic E-state index is -0.416. The number of ether oxygens (including phenoxy) is 2. The highest BCUT2D eigenvalue weighted by Crippen LogP contribution is 2.37. The number of carbonyl (C=O) groups excluding carboxylic acids is 1. The first-order valence-corrected chi connectivity index (χ1v) is 10.2. The van der Waals surface area contributed by atoms with Gasteiger partial charge in [0, 0.05) is 24.2 Å². The number of carbonyl (C=O) groups is 1. The molecule has 0 bridgehead atoms. The van der Waals surface area contributed by atoms with E-state index in [2.05, 4.69) is 5.10 Å². The highest BCUT2D eigenvalue weighted by molar-refractivity contribution is 5.92. The molecular weight excluding hydrogens is 404 g/mol. The molecule has 0 aliphatic carbocycles. The average Bonchev–Trinajstić information content (AvgIpc) is 2.82. The average molecular weight is 426 g/mol. The van der Waals surface area contributed by atoms with Crippen molar-refractivity contribution in [2.24, 2.45) is 7.05 Å². The van der Waals surface area contributed by atoms with Gasteiger partial charge >= 0.3 is 5.97 Å². The monoisotopic (exact) mass is 426 g/mol. The van der Waals surface area contributed by atoms with Crippen molar-refractivity contribution in [1.82, 2.24) is 9.78 Å². The first-order valence-electron chi connectivity index (χ1n) is 10.2. The number of hydrogen-bond acceptors (Lipinski definition) is 5. The molecular formula is C26H22N2O4. The number of hydrogen-bond donors (Lipinski definition) is 0. The molecule has 0 saturated heterocycles. The Bertz CT molecular complexity index is 1310. The van der Waals surface area contributed by atoms with Crippen molar-refractivity contribution in [3.05, 3.63) is 101 Å². The van der Waals surface area contributed by atoms with Crippen LogP contribution in [0.3, 0.4) is 0 Å². The minimum absolute atomic E-state index is 0.258. The molecule has 0 amide bonds. The van der Waals surface area contributed by atoms with Gasteiger partial charge in [-0.2, -0.15) is 5.10 Å². The molecule has 0 aliphatic rings.